The number of carbonyl (C=O) groups is 1. The van der Waals surface area contributed by atoms with E-state index in [0.29, 0.717) is 12.5 Å². The molecule has 1 aliphatic carbocycles. The third-order valence-electron chi connectivity index (χ3n) is 6.05. The van der Waals surface area contributed by atoms with E-state index in [2.05, 4.69) is 32.6 Å². The third-order valence-corrected chi connectivity index (χ3v) is 6.05. The normalized spacial score (nSPS) is 19.4. The Morgan fingerprint density at radius 3 is 2.36 bits per heavy atom. The summed E-state index contributed by atoms with van der Waals surface area (Å²) in [6.07, 6.45) is 5.23. The summed E-state index contributed by atoms with van der Waals surface area (Å²) < 4.78 is 5.23. The summed E-state index contributed by atoms with van der Waals surface area (Å²) in [5.74, 6) is 2.42. The molecule has 6 heteroatoms. The van der Waals surface area contributed by atoms with Crippen molar-refractivity contribution in [2.45, 2.75) is 31.7 Å². The fraction of sp³-hybridized carbons (Fsp3) is 0.682. The van der Waals surface area contributed by atoms with Crippen LogP contribution in [-0.2, 0) is 0 Å². The van der Waals surface area contributed by atoms with Crippen LogP contribution in [0.1, 0.15) is 37.3 Å². The highest BCUT2D eigenvalue weighted by Crippen LogP contribution is 2.31. The van der Waals surface area contributed by atoms with E-state index >= 15 is 0 Å². The number of nitrogens with one attached hydrogen (secondary N) is 2. The fourth-order valence-electron chi connectivity index (χ4n) is 3.95. The van der Waals surface area contributed by atoms with Gasteiger partial charge in [-0.15, -0.1) is 0 Å². The predicted molar refractivity (Wildman–Crippen MR) is 113 cm³/mol. The Balaban J connectivity index is 1.37. The van der Waals surface area contributed by atoms with Crippen molar-refractivity contribution in [3.63, 3.8) is 0 Å². The molecule has 156 valence electrons. The standard InChI is InChI=1S/C22H36N4O2/c1-25(2)21(19-6-8-20(28-3)9-7-19)15-24-22(27)23-14-17-10-12-26(13-11-17)16-18-4-5-18/h6-9,17-18,21H,4-5,10-16H2,1-3H3,(H2,23,24,27). The lowest BCUT2D eigenvalue weighted by Crippen LogP contribution is -2.44. The molecule has 1 saturated heterocycles. The molecule has 1 atom stereocenters. The van der Waals surface area contributed by atoms with Crippen LogP contribution in [-0.4, -0.2) is 69.8 Å². The molecular weight excluding hydrogens is 352 g/mol. The highest BCUT2D eigenvalue weighted by Gasteiger charge is 2.27. The Labute approximate surface area is 169 Å². The Hall–Kier alpha value is -1.79. The molecule has 1 aromatic rings. The minimum Gasteiger partial charge on any atom is -0.497 e. The SMILES string of the molecule is COc1ccc(C(CNC(=O)NCC2CCN(CC3CC3)CC2)N(C)C)cc1. The first-order valence-electron chi connectivity index (χ1n) is 10.6. The Morgan fingerprint density at radius 1 is 1.11 bits per heavy atom. The van der Waals surface area contributed by atoms with Crippen molar-refractivity contribution in [3.05, 3.63) is 29.8 Å². The average Bonchev–Trinajstić information content (AvgIpc) is 3.52. The number of likely N-dealkylation sites (N-methyl/N-ethyl adjacent to an activating group) is 1. The van der Waals surface area contributed by atoms with E-state index in [9.17, 15) is 4.79 Å². The average molecular weight is 389 g/mol. The fourth-order valence-corrected chi connectivity index (χ4v) is 3.95. The highest BCUT2D eigenvalue weighted by molar-refractivity contribution is 5.73. The summed E-state index contributed by atoms with van der Waals surface area (Å²) >= 11 is 0. The van der Waals surface area contributed by atoms with Gasteiger partial charge in [-0.05, 0) is 82.4 Å². The van der Waals surface area contributed by atoms with Crippen LogP contribution in [0.5, 0.6) is 5.75 Å². The number of urea groups is 1. The Bertz CT molecular complexity index is 607. The third kappa shape index (κ3) is 6.38. The molecule has 0 bridgehead atoms. The predicted octanol–water partition coefficient (Wildman–Crippen LogP) is 2.72. The topological polar surface area (TPSA) is 56.8 Å². The van der Waals surface area contributed by atoms with Gasteiger partial charge in [0.25, 0.3) is 0 Å². The molecule has 6 nitrogen and oxygen atoms in total. The molecule has 1 saturated carbocycles. The number of nitrogens with zero attached hydrogens (tertiary/aromatic N) is 2. The molecule has 2 aliphatic rings. The largest absolute Gasteiger partial charge is 0.497 e. The van der Waals surface area contributed by atoms with Crippen LogP contribution >= 0.6 is 0 Å². The van der Waals surface area contributed by atoms with E-state index < -0.39 is 0 Å². The number of benzene rings is 1. The van der Waals surface area contributed by atoms with Crippen LogP contribution in [0, 0.1) is 11.8 Å². The number of methoxy groups -OCH3 is 1. The van der Waals surface area contributed by atoms with Gasteiger partial charge in [-0.25, -0.2) is 4.79 Å². The molecule has 28 heavy (non-hydrogen) atoms. The number of hydrogen-bond acceptors (Lipinski definition) is 4. The quantitative estimate of drug-likeness (QED) is 0.683. The lowest BCUT2D eigenvalue weighted by molar-refractivity contribution is 0.175. The van der Waals surface area contributed by atoms with Gasteiger partial charge in [0.1, 0.15) is 5.75 Å². The summed E-state index contributed by atoms with van der Waals surface area (Å²) in [4.78, 5) is 17.0. The van der Waals surface area contributed by atoms with Crippen molar-refractivity contribution in [2.75, 3.05) is 53.9 Å². The Morgan fingerprint density at radius 2 is 1.79 bits per heavy atom. The van der Waals surface area contributed by atoms with E-state index in [1.54, 1.807) is 7.11 Å². The van der Waals surface area contributed by atoms with Gasteiger partial charge in [-0.2, -0.15) is 0 Å². The highest BCUT2D eigenvalue weighted by atomic mass is 16.5. The van der Waals surface area contributed by atoms with Gasteiger partial charge >= 0.3 is 6.03 Å². The molecule has 0 aromatic heterocycles. The van der Waals surface area contributed by atoms with Crippen molar-refractivity contribution in [3.8, 4) is 5.75 Å². The van der Waals surface area contributed by atoms with E-state index in [4.69, 9.17) is 4.74 Å². The first kappa shape index (κ1) is 20.9. The number of likely N-dealkylation sites (tertiary alicyclic amines) is 1. The van der Waals surface area contributed by atoms with Gasteiger partial charge in [0.05, 0.1) is 13.2 Å². The number of ether oxygens (including phenoxy) is 1. The smallest absolute Gasteiger partial charge is 0.314 e. The minimum atomic E-state index is -0.0687. The zero-order chi connectivity index (χ0) is 19.9. The van der Waals surface area contributed by atoms with Crippen LogP contribution < -0.4 is 15.4 Å². The summed E-state index contributed by atoms with van der Waals surface area (Å²) in [5, 5.41) is 6.12. The van der Waals surface area contributed by atoms with Crippen LogP contribution in [0.4, 0.5) is 4.79 Å². The van der Waals surface area contributed by atoms with Gasteiger partial charge in [0.15, 0.2) is 0 Å². The van der Waals surface area contributed by atoms with E-state index in [1.165, 1.54) is 45.3 Å². The monoisotopic (exact) mass is 388 g/mol. The summed E-state index contributed by atoms with van der Waals surface area (Å²) in [7, 11) is 5.73. The van der Waals surface area contributed by atoms with Gasteiger partial charge in [0, 0.05) is 19.6 Å². The molecular formula is C22H36N4O2. The first-order valence-corrected chi connectivity index (χ1v) is 10.6. The minimum absolute atomic E-state index is 0.0687. The van der Waals surface area contributed by atoms with Crippen molar-refractivity contribution >= 4 is 6.03 Å². The van der Waals surface area contributed by atoms with Crippen molar-refractivity contribution < 1.29 is 9.53 Å². The molecule has 1 aliphatic heterocycles. The van der Waals surface area contributed by atoms with Crippen LogP contribution in [0.25, 0.3) is 0 Å². The van der Waals surface area contributed by atoms with Crippen LogP contribution in [0.3, 0.4) is 0 Å². The second kappa shape index (κ2) is 10.1. The molecule has 1 heterocycles. The van der Waals surface area contributed by atoms with E-state index in [0.717, 1.165) is 23.8 Å². The maximum absolute atomic E-state index is 12.3. The van der Waals surface area contributed by atoms with Gasteiger partial charge in [-0.3, -0.25) is 0 Å². The second-order valence-electron chi connectivity index (χ2n) is 8.53. The first-order chi connectivity index (χ1) is 13.5. The lowest BCUT2D eigenvalue weighted by atomic mass is 9.96. The maximum Gasteiger partial charge on any atom is 0.314 e. The number of amides is 2. The summed E-state index contributed by atoms with van der Waals surface area (Å²) in [5.41, 5.74) is 1.16. The molecule has 2 N–H and O–H groups in total. The van der Waals surface area contributed by atoms with Gasteiger partial charge < -0.3 is 25.2 Å². The van der Waals surface area contributed by atoms with E-state index in [1.807, 2.05) is 26.2 Å². The molecule has 2 fully saturated rings. The van der Waals surface area contributed by atoms with Crippen LogP contribution in [0.2, 0.25) is 0 Å². The molecule has 0 spiro atoms. The maximum atomic E-state index is 12.3. The zero-order valence-corrected chi connectivity index (χ0v) is 17.6. The molecule has 0 radical (unpaired) electrons. The van der Waals surface area contributed by atoms with Crippen molar-refractivity contribution in [1.29, 1.82) is 0 Å². The van der Waals surface area contributed by atoms with E-state index in [-0.39, 0.29) is 12.1 Å². The zero-order valence-electron chi connectivity index (χ0n) is 17.6. The van der Waals surface area contributed by atoms with Crippen molar-refractivity contribution in [1.82, 2.24) is 20.4 Å². The molecule has 1 unspecified atom stereocenters. The summed E-state index contributed by atoms with van der Waals surface area (Å²) in [6.45, 7) is 5.01. The lowest BCUT2D eigenvalue weighted by Gasteiger charge is -2.32. The molecule has 1 aromatic carbocycles. The number of piperidine rings is 1. The number of carbonyl (C=O) groups excluding carboxylic acids is 1. The van der Waals surface area contributed by atoms with Gasteiger partial charge in [0.2, 0.25) is 0 Å². The molecule has 2 amide bonds. The summed E-state index contributed by atoms with van der Waals surface area (Å²) in [6, 6.07) is 8.09. The van der Waals surface area contributed by atoms with Crippen LogP contribution in [0.15, 0.2) is 24.3 Å². The van der Waals surface area contributed by atoms with Crippen molar-refractivity contribution in [2.24, 2.45) is 11.8 Å². The second-order valence-corrected chi connectivity index (χ2v) is 8.53. The Kier molecular flexibility index (Phi) is 7.57. The number of rotatable bonds is 9. The molecule has 3 rings (SSSR count). The number of hydrogen-bond donors (Lipinski definition) is 2. The van der Waals surface area contributed by atoms with Gasteiger partial charge in [-0.1, -0.05) is 12.1 Å².